The fourth-order valence-corrected chi connectivity index (χ4v) is 2.90. The second kappa shape index (κ2) is 9.75. The van der Waals surface area contributed by atoms with Crippen LogP contribution in [0.5, 0.6) is 11.5 Å². The molecule has 0 radical (unpaired) electrons. The van der Waals surface area contributed by atoms with Crippen LogP contribution in [-0.2, 0) is 9.53 Å². The molecule has 28 heavy (non-hydrogen) atoms. The monoisotopic (exact) mass is 384 g/mol. The van der Waals surface area contributed by atoms with E-state index in [2.05, 4.69) is 10.6 Å². The highest BCUT2D eigenvalue weighted by atomic mass is 16.5. The van der Waals surface area contributed by atoms with E-state index in [1.165, 1.54) is 0 Å². The molecular formula is C21H24N2O5. The van der Waals surface area contributed by atoms with Crippen LogP contribution in [0, 0.1) is 0 Å². The molecule has 7 heteroatoms. The summed E-state index contributed by atoms with van der Waals surface area (Å²) in [5.41, 5.74) is 0.842. The third kappa shape index (κ3) is 5.47. The molecule has 0 unspecified atom stereocenters. The summed E-state index contributed by atoms with van der Waals surface area (Å²) in [6.45, 7) is 1.03. The van der Waals surface area contributed by atoms with Gasteiger partial charge in [0.1, 0.15) is 11.5 Å². The first kappa shape index (κ1) is 19.7. The van der Waals surface area contributed by atoms with Gasteiger partial charge in [0.05, 0.1) is 24.5 Å². The van der Waals surface area contributed by atoms with E-state index in [1.807, 2.05) is 0 Å². The molecule has 1 saturated heterocycles. The maximum atomic E-state index is 12.5. The molecule has 2 aromatic carbocycles. The highest BCUT2D eigenvalue weighted by Gasteiger charge is 2.18. The second-order valence-electron chi connectivity index (χ2n) is 6.40. The molecule has 1 heterocycles. The van der Waals surface area contributed by atoms with Crippen LogP contribution in [0.1, 0.15) is 23.2 Å². The van der Waals surface area contributed by atoms with Crippen LogP contribution in [0.4, 0.5) is 5.69 Å². The van der Waals surface area contributed by atoms with Gasteiger partial charge in [0.2, 0.25) is 0 Å². The maximum Gasteiger partial charge on any atom is 0.262 e. The Morgan fingerprint density at radius 2 is 1.86 bits per heavy atom. The molecule has 148 valence electrons. The summed E-state index contributed by atoms with van der Waals surface area (Å²) in [5, 5.41) is 5.60. The number of anilines is 1. The predicted molar refractivity (Wildman–Crippen MR) is 105 cm³/mol. The van der Waals surface area contributed by atoms with Crippen LogP contribution in [0.15, 0.2) is 48.5 Å². The summed E-state index contributed by atoms with van der Waals surface area (Å²) < 4.78 is 16.1. The minimum atomic E-state index is -0.352. The molecule has 2 aromatic rings. The molecule has 7 nitrogen and oxygen atoms in total. The standard InChI is InChI=1S/C21H24N2O5/c1-26-15-8-10-16(11-9-15)28-14-20(24)23-19-7-3-2-6-18(19)21(25)22-13-17-5-4-12-27-17/h2-3,6-11,17H,4-5,12-14H2,1H3,(H,22,25)(H,23,24)/t17-/m0/s1. The molecule has 2 N–H and O–H groups in total. The first-order valence-electron chi connectivity index (χ1n) is 9.21. The van der Waals surface area contributed by atoms with Crippen molar-refractivity contribution < 1.29 is 23.8 Å². The molecule has 1 aliphatic rings. The third-order valence-corrected chi connectivity index (χ3v) is 4.39. The summed E-state index contributed by atoms with van der Waals surface area (Å²) in [5.74, 6) is 0.663. The van der Waals surface area contributed by atoms with E-state index in [4.69, 9.17) is 14.2 Å². The molecule has 1 atom stereocenters. The molecule has 0 aromatic heterocycles. The Balaban J connectivity index is 1.54. The number of benzene rings is 2. The average molecular weight is 384 g/mol. The number of hydrogen-bond acceptors (Lipinski definition) is 5. The van der Waals surface area contributed by atoms with Crippen molar-refractivity contribution in [2.24, 2.45) is 0 Å². The largest absolute Gasteiger partial charge is 0.497 e. The number of ether oxygens (including phenoxy) is 3. The third-order valence-electron chi connectivity index (χ3n) is 4.39. The zero-order valence-electron chi connectivity index (χ0n) is 15.8. The van der Waals surface area contributed by atoms with Crippen molar-refractivity contribution in [2.45, 2.75) is 18.9 Å². The van der Waals surface area contributed by atoms with Gasteiger partial charge < -0.3 is 24.8 Å². The minimum Gasteiger partial charge on any atom is -0.497 e. The molecule has 2 amide bonds. The molecule has 3 rings (SSSR count). The lowest BCUT2D eigenvalue weighted by atomic mass is 10.1. The van der Waals surface area contributed by atoms with Crippen LogP contribution < -0.4 is 20.1 Å². The van der Waals surface area contributed by atoms with Crippen molar-refractivity contribution in [2.75, 3.05) is 32.2 Å². The van der Waals surface area contributed by atoms with Gasteiger partial charge in [0, 0.05) is 13.2 Å². The summed E-state index contributed by atoms with van der Waals surface area (Å²) in [6, 6.07) is 13.8. The van der Waals surface area contributed by atoms with Gasteiger partial charge in [-0.2, -0.15) is 0 Å². The van der Waals surface area contributed by atoms with Gasteiger partial charge in [0.25, 0.3) is 11.8 Å². The smallest absolute Gasteiger partial charge is 0.262 e. The van der Waals surface area contributed by atoms with E-state index in [0.29, 0.717) is 29.3 Å². The number of carbonyl (C=O) groups is 2. The van der Waals surface area contributed by atoms with Gasteiger partial charge in [-0.05, 0) is 49.2 Å². The van der Waals surface area contributed by atoms with Gasteiger partial charge in [-0.1, -0.05) is 12.1 Å². The van der Waals surface area contributed by atoms with Crippen LogP contribution in [0.2, 0.25) is 0 Å². The second-order valence-corrected chi connectivity index (χ2v) is 6.40. The van der Waals surface area contributed by atoms with Gasteiger partial charge in [0.15, 0.2) is 6.61 Å². The molecule has 1 aliphatic heterocycles. The molecule has 0 saturated carbocycles. The molecule has 0 spiro atoms. The normalized spacial score (nSPS) is 15.7. The Labute approximate surface area is 164 Å². The van der Waals surface area contributed by atoms with Crippen molar-refractivity contribution in [1.82, 2.24) is 5.32 Å². The summed E-state index contributed by atoms with van der Waals surface area (Å²) in [6.07, 6.45) is 2.02. The Morgan fingerprint density at radius 1 is 1.11 bits per heavy atom. The first-order valence-corrected chi connectivity index (χ1v) is 9.21. The first-order chi connectivity index (χ1) is 13.7. The van der Waals surface area contributed by atoms with Crippen molar-refractivity contribution in [1.29, 1.82) is 0 Å². The number of amides is 2. The van der Waals surface area contributed by atoms with E-state index in [-0.39, 0.29) is 24.5 Å². The number of methoxy groups -OCH3 is 1. The lowest BCUT2D eigenvalue weighted by Crippen LogP contribution is -2.32. The van der Waals surface area contributed by atoms with E-state index >= 15 is 0 Å². The number of para-hydroxylation sites is 1. The van der Waals surface area contributed by atoms with E-state index < -0.39 is 0 Å². The van der Waals surface area contributed by atoms with Crippen LogP contribution in [-0.4, -0.2) is 44.8 Å². The number of carbonyl (C=O) groups excluding carboxylic acids is 2. The Hall–Kier alpha value is -3.06. The molecule has 1 fully saturated rings. The van der Waals surface area contributed by atoms with Crippen LogP contribution >= 0.6 is 0 Å². The highest BCUT2D eigenvalue weighted by molar-refractivity contribution is 6.04. The van der Waals surface area contributed by atoms with Crippen molar-refractivity contribution in [3.05, 3.63) is 54.1 Å². The SMILES string of the molecule is COc1ccc(OCC(=O)Nc2ccccc2C(=O)NC[C@@H]2CCCO2)cc1. The van der Waals surface area contributed by atoms with E-state index in [1.54, 1.807) is 55.6 Å². The predicted octanol–water partition coefficient (Wildman–Crippen LogP) is 2.62. The maximum absolute atomic E-state index is 12.5. The quantitative estimate of drug-likeness (QED) is 0.731. The number of nitrogens with one attached hydrogen (secondary N) is 2. The van der Waals surface area contributed by atoms with Gasteiger partial charge in [-0.25, -0.2) is 0 Å². The molecule has 0 bridgehead atoms. The average Bonchev–Trinajstić information content (AvgIpc) is 3.25. The fraction of sp³-hybridized carbons (Fsp3) is 0.333. The topological polar surface area (TPSA) is 85.9 Å². The Kier molecular flexibility index (Phi) is 6.86. The number of rotatable bonds is 8. The number of hydrogen-bond donors (Lipinski definition) is 2. The summed E-state index contributed by atoms with van der Waals surface area (Å²) >= 11 is 0. The zero-order valence-corrected chi connectivity index (χ0v) is 15.8. The van der Waals surface area contributed by atoms with E-state index in [9.17, 15) is 9.59 Å². The Bertz CT molecular complexity index is 801. The molecular weight excluding hydrogens is 360 g/mol. The lowest BCUT2D eigenvalue weighted by Gasteiger charge is -2.14. The minimum absolute atomic E-state index is 0.0589. The van der Waals surface area contributed by atoms with Crippen LogP contribution in [0.25, 0.3) is 0 Å². The Morgan fingerprint density at radius 3 is 2.57 bits per heavy atom. The van der Waals surface area contributed by atoms with Gasteiger partial charge >= 0.3 is 0 Å². The lowest BCUT2D eigenvalue weighted by molar-refractivity contribution is -0.118. The fourth-order valence-electron chi connectivity index (χ4n) is 2.90. The van der Waals surface area contributed by atoms with Crippen molar-refractivity contribution in [3.63, 3.8) is 0 Å². The zero-order chi connectivity index (χ0) is 19.8. The van der Waals surface area contributed by atoms with Crippen LogP contribution in [0.3, 0.4) is 0 Å². The van der Waals surface area contributed by atoms with Gasteiger partial charge in [-0.3, -0.25) is 9.59 Å². The summed E-state index contributed by atoms with van der Waals surface area (Å²) in [7, 11) is 1.58. The van der Waals surface area contributed by atoms with Crippen molar-refractivity contribution >= 4 is 17.5 Å². The van der Waals surface area contributed by atoms with Crippen molar-refractivity contribution in [3.8, 4) is 11.5 Å². The van der Waals surface area contributed by atoms with E-state index in [0.717, 1.165) is 19.4 Å². The highest BCUT2D eigenvalue weighted by Crippen LogP contribution is 2.18. The van der Waals surface area contributed by atoms with Gasteiger partial charge in [-0.15, -0.1) is 0 Å². The molecule has 0 aliphatic carbocycles. The summed E-state index contributed by atoms with van der Waals surface area (Å²) in [4.78, 5) is 24.7.